The SMILES string of the molecule is COC(=O)c1ccc(C(=O)OC)c(NC(=O)Cc2cnc[nH]2)c1. The van der Waals surface area contributed by atoms with E-state index in [0.717, 1.165) is 0 Å². The van der Waals surface area contributed by atoms with Crippen molar-refractivity contribution in [3.05, 3.63) is 47.5 Å². The fourth-order valence-corrected chi connectivity index (χ4v) is 1.93. The van der Waals surface area contributed by atoms with Crippen molar-refractivity contribution in [1.29, 1.82) is 0 Å². The van der Waals surface area contributed by atoms with E-state index >= 15 is 0 Å². The Labute approximate surface area is 131 Å². The van der Waals surface area contributed by atoms with Crippen LogP contribution in [-0.2, 0) is 20.7 Å². The largest absolute Gasteiger partial charge is 0.465 e. The smallest absolute Gasteiger partial charge is 0.339 e. The Kier molecular flexibility index (Phi) is 5.08. The number of aromatic amines is 1. The van der Waals surface area contributed by atoms with Crippen molar-refractivity contribution < 1.29 is 23.9 Å². The molecule has 0 fully saturated rings. The molecule has 0 atom stereocenters. The summed E-state index contributed by atoms with van der Waals surface area (Å²) >= 11 is 0. The summed E-state index contributed by atoms with van der Waals surface area (Å²) in [5, 5.41) is 2.59. The highest BCUT2D eigenvalue weighted by molar-refractivity contribution is 6.03. The Bertz CT molecular complexity index is 725. The molecule has 0 aliphatic carbocycles. The van der Waals surface area contributed by atoms with Crippen LogP contribution < -0.4 is 5.32 Å². The maximum Gasteiger partial charge on any atom is 0.339 e. The zero-order chi connectivity index (χ0) is 16.8. The van der Waals surface area contributed by atoms with Gasteiger partial charge in [0.2, 0.25) is 5.91 Å². The summed E-state index contributed by atoms with van der Waals surface area (Å²) in [6, 6.07) is 4.18. The first-order valence-electron chi connectivity index (χ1n) is 6.63. The Hall–Kier alpha value is -3.16. The molecule has 8 nitrogen and oxygen atoms in total. The second-order valence-electron chi connectivity index (χ2n) is 4.55. The zero-order valence-corrected chi connectivity index (χ0v) is 12.6. The fraction of sp³-hybridized carbons (Fsp3) is 0.200. The van der Waals surface area contributed by atoms with E-state index in [1.54, 1.807) is 0 Å². The molecule has 0 unspecified atom stereocenters. The number of amides is 1. The first-order chi connectivity index (χ1) is 11.0. The number of methoxy groups -OCH3 is 2. The summed E-state index contributed by atoms with van der Waals surface area (Å²) in [5.41, 5.74) is 1.13. The highest BCUT2D eigenvalue weighted by Gasteiger charge is 2.17. The van der Waals surface area contributed by atoms with E-state index < -0.39 is 11.9 Å². The molecule has 2 aromatic rings. The topological polar surface area (TPSA) is 110 Å². The van der Waals surface area contributed by atoms with Crippen molar-refractivity contribution in [1.82, 2.24) is 9.97 Å². The van der Waals surface area contributed by atoms with Gasteiger partial charge >= 0.3 is 11.9 Å². The standard InChI is InChI=1S/C15H15N3O5/c1-22-14(20)9-3-4-11(15(21)23-2)12(5-9)18-13(19)6-10-7-16-8-17-10/h3-5,7-8H,6H2,1-2H3,(H,16,17)(H,18,19). The quantitative estimate of drug-likeness (QED) is 0.801. The van der Waals surface area contributed by atoms with Gasteiger partial charge < -0.3 is 19.8 Å². The normalized spacial score (nSPS) is 10.0. The van der Waals surface area contributed by atoms with Crippen molar-refractivity contribution in [3.63, 3.8) is 0 Å². The third kappa shape index (κ3) is 3.94. The van der Waals surface area contributed by atoms with Gasteiger partial charge in [0.25, 0.3) is 0 Å². The van der Waals surface area contributed by atoms with E-state index in [-0.39, 0.29) is 29.1 Å². The van der Waals surface area contributed by atoms with Gasteiger partial charge in [-0.3, -0.25) is 4.79 Å². The van der Waals surface area contributed by atoms with Crippen molar-refractivity contribution in [2.75, 3.05) is 19.5 Å². The molecule has 1 aromatic carbocycles. The number of ether oxygens (including phenoxy) is 2. The van der Waals surface area contributed by atoms with Crippen molar-refractivity contribution in [2.45, 2.75) is 6.42 Å². The van der Waals surface area contributed by atoms with Crippen LogP contribution in [0.4, 0.5) is 5.69 Å². The number of anilines is 1. The predicted molar refractivity (Wildman–Crippen MR) is 80.0 cm³/mol. The number of H-pyrrole nitrogens is 1. The highest BCUT2D eigenvalue weighted by atomic mass is 16.5. The Morgan fingerprint density at radius 3 is 2.52 bits per heavy atom. The van der Waals surface area contributed by atoms with Crippen molar-refractivity contribution in [2.24, 2.45) is 0 Å². The molecule has 2 rings (SSSR count). The zero-order valence-electron chi connectivity index (χ0n) is 12.6. The second-order valence-corrected chi connectivity index (χ2v) is 4.55. The number of imidazole rings is 1. The van der Waals surface area contributed by atoms with Crippen LogP contribution in [-0.4, -0.2) is 42.0 Å². The molecule has 0 aliphatic heterocycles. The van der Waals surface area contributed by atoms with E-state index in [4.69, 9.17) is 0 Å². The van der Waals surface area contributed by atoms with Crippen LogP contribution in [0.3, 0.4) is 0 Å². The summed E-state index contributed by atoms with van der Waals surface area (Å²) in [7, 11) is 2.47. The van der Waals surface area contributed by atoms with Gasteiger partial charge in [-0.15, -0.1) is 0 Å². The van der Waals surface area contributed by atoms with Gasteiger partial charge in [-0.25, -0.2) is 14.6 Å². The van der Waals surface area contributed by atoms with Crippen molar-refractivity contribution >= 4 is 23.5 Å². The van der Waals surface area contributed by atoms with Crippen molar-refractivity contribution in [3.8, 4) is 0 Å². The molecule has 0 radical (unpaired) electrons. The third-order valence-corrected chi connectivity index (χ3v) is 3.03. The monoisotopic (exact) mass is 317 g/mol. The number of rotatable bonds is 5. The van der Waals surface area contributed by atoms with Gasteiger partial charge in [-0.2, -0.15) is 0 Å². The second kappa shape index (κ2) is 7.21. The molecule has 8 heteroatoms. The number of esters is 2. The van der Waals surface area contributed by atoms with Gasteiger partial charge in [0.05, 0.1) is 43.8 Å². The molecular weight excluding hydrogens is 302 g/mol. The number of nitrogens with one attached hydrogen (secondary N) is 2. The predicted octanol–water partition coefficient (Wildman–Crippen LogP) is 1.16. The molecule has 1 heterocycles. The lowest BCUT2D eigenvalue weighted by molar-refractivity contribution is -0.115. The van der Waals surface area contributed by atoms with E-state index in [9.17, 15) is 14.4 Å². The van der Waals surface area contributed by atoms with E-state index in [0.29, 0.717) is 5.69 Å². The highest BCUT2D eigenvalue weighted by Crippen LogP contribution is 2.20. The first-order valence-corrected chi connectivity index (χ1v) is 6.63. The number of hydrogen-bond acceptors (Lipinski definition) is 6. The number of carbonyl (C=O) groups is 3. The molecule has 1 amide bonds. The first kappa shape index (κ1) is 16.2. The summed E-state index contributed by atoms with van der Waals surface area (Å²) in [4.78, 5) is 42.1. The minimum Gasteiger partial charge on any atom is -0.465 e. The van der Waals surface area contributed by atoms with Gasteiger partial charge in [-0.1, -0.05) is 0 Å². The average Bonchev–Trinajstić information content (AvgIpc) is 3.06. The average molecular weight is 317 g/mol. The van der Waals surface area contributed by atoms with E-state index in [1.807, 2.05) is 0 Å². The Morgan fingerprint density at radius 2 is 1.91 bits per heavy atom. The molecule has 120 valence electrons. The molecule has 0 bridgehead atoms. The number of aromatic nitrogens is 2. The van der Waals surface area contributed by atoms with Crippen LogP contribution in [0.15, 0.2) is 30.7 Å². The van der Waals surface area contributed by atoms with E-state index in [1.165, 1.54) is 44.9 Å². The number of benzene rings is 1. The molecular formula is C15H15N3O5. The van der Waals surface area contributed by atoms with Gasteiger partial charge in [0.15, 0.2) is 0 Å². The molecule has 0 saturated heterocycles. The number of nitrogens with zero attached hydrogens (tertiary/aromatic N) is 1. The molecule has 0 aliphatic rings. The Balaban J connectivity index is 2.27. The third-order valence-electron chi connectivity index (χ3n) is 3.03. The maximum atomic E-state index is 12.1. The molecule has 0 saturated carbocycles. The minimum atomic E-state index is -0.627. The molecule has 1 aromatic heterocycles. The van der Waals surface area contributed by atoms with Gasteiger partial charge in [0, 0.05) is 11.9 Å². The van der Waals surface area contributed by atoms with Crippen LogP contribution in [0.25, 0.3) is 0 Å². The van der Waals surface area contributed by atoms with Crippen LogP contribution in [0, 0.1) is 0 Å². The summed E-state index contributed by atoms with van der Waals surface area (Å²) in [6.07, 6.45) is 3.02. The molecule has 0 spiro atoms. The molecule has 23 heavy (non-hydrogen) atoms. The molecule has 2 N–H and O–H groups in total. The van der Waals surface area contributed by atoms with Gasteiger partial charge in [0.1, 0.15) is 0 Å². The lowest BCUT2D eigenvalue weighted by atomic mass is 10.1. The summed E-state index contributed by atoms with van der Waals surface area (Å²) < 4.78 is 9.30. The van der Waals surface area contributed by atoms with E-state index in [2.05, 4.69) is 24.8 Å². The van der Waals surface area contributed by atoms with Crippen LogP contribution in [0.1, 0.15) is 26.4 Å². The van der Waals surface area contributed by atoms with Crippen LogP contribution >= 0.6 is 0 Å². The minimum absolute atomic E-state index is 0.0447. The van der Waals surface area contributed by atoms with Crippen LogP contribution in [0.5, 0.6) is 0 Å². The lowest BCUT2D eigenvalue weighted by Crippen LogP contribution is -2.18. The van der Waals surface area contributed by atoms with Crippen LogP contribution in [0.2, 0.25) is 0 Å². The fourth-order valence-electron chi connectivity index (χ4n) is 1.93. The summed E-state index contributed by atoms with van der Waals surface area (Å²) in [6.45, 7) is 0. The number of hydrogen-bond donors (Lipinski definition) is 2. The Morgan fingerprint density at radius 1 is 1.17 bits per heavy atom. The lowest BCUT2D eigenvalue weighted by Gasteiger charge is -2.11. The number of carbonyl (C=O) groups excluding carboxylic acids is 3. The summed E-state index contributed by atoms with van der Waals surface area (Å²) in [5.74, 6) is -1.58. The maximum absolute atomic E-state index is 12.1. The van der Waals surface area contributed by atoms with Gasteiger partial charge in [-0.05, 0) is 18.2 Å².